The van der Waals surface area contributed by atoms with Crippen LogP contribution in [0.4, 0.5) is 0 Å². The minimum atomic E-state index is -0.545. The van der Waals surface area contributed by atoms with Gasteiger partial charge in [-0.05, 0) is 71.9 Å². The second-order valence-corrected chi connectivity index (χ2v) is 11.1. The molecule has 1 aromatic carbocycles. The number of fused-ring (bicyclic) bond motifs is 5. The Bertz CT molecular complexity index is 1190. The van der Waals surface area contributed by atoms with Crippen LogP contribution < -0.4 is 0 Å². The van der Waals surface area contributed by atoms with Crippen molar-refractivity contribution in [3.63, 3.8) is 0 Å². The molecule has 1 aromatic heterocycles. The van der Waals surface area contributed by atoms with E-state index in [1.165, 1.54) is 12.5 Å². The number of carbonyl (C=O) groups excluding carboxylic acids is 2. The van der Waals surface area contributed by atoms with Gasteiger partial charge in [0.05, 0.1) is 12.5 Å². The zero-order valence-corrected chi connectivity index (χ0v) is 20.2. The number of aromatic hydroxyl groups is 1. The molecule has 5 rings (SSSR count). The third kappa shape index (κ3) is 2.77. The molecule has 174 valence electrons. The average molecular weight is 449 g/mol. The Morgan fingerprint density at radius 3 is 2.58 bits per heavy atom. The lowest BCUT2D eigenvalue weighted by Gasteiger charge is -2.60. The van der Waals surface area contributed by atoms with E-state index in [2.05, 4.69) is 19.9 Å². The number of ether oxygens (including phenoxy) is 1. The Morgan fingerprint density at radius 2 is 1.94 bits per heavy atom. The van der Waals surface area contributed by atoms with Crippen molar-refractivity contribution < 1.29 is 23.8 Å². The molecule has 0 saturated heterocycles. The van der Waals surface area contributed by atoms with E-state index < -0.39 is 10.8 Å². The Morgan fingerprint density at radius 1 is 1.21 bits per heavy atom. The first-order valence-electron chi connectivity index (χ1n) is 11.7. The van der Waals surface area contributed by atoms with E-state index in [9.17, 15) is 14.7 Å². The minimum absolute atomic E-state index is 0.0430. The van der Waals surface area contributed by atoms with Crippen LogP contribution in [0.15, 0.2) is 41.2 Å². The van der Waals surface area contributed by atoms with E-state index in [4.69, 9.17) is 9.15 Å². The van der Waals surface area contributed by atoms with E-state index in [1.54, 1.807) is 18.6 Å². The third-order valence-corrected chi connectivity index (χ3v) is 9.24. The van der Waals surface area contributed by atoms with Gasteiger partial charge in [-0.3, -0.25) is 9.59 Å². The molecule has 0 amide bonds. The van der Waals surface area contributed by atoms with Crippen molar-refractivity contribution in [2.45, 2.75) is 65.9 Å². The lowest BCUT2D eigenvalue weighted by atomic mass is 9.44. The summed E-state index contributed by atoms with van der Waals surface area (Å²) in [7, 11) is 0. The van der Waals surface area contributed by atoms with Crippen molar-refractivity contribution >= 4 is 11.8 Å². The normalized spacial score (nSPS) is 33.9. The number of benzene rings is 1. The molecular weight excluding hydrogens is 416 g/mol. The van der Waals surface area contributed by atoms with Crippen LogP contribution in [-0.4, -0.2) is 23.0 Å². The number of allylic oxidation sites excluding steroid dienone is 2. The van der Waals surface area contributed by atoms with Crippen molar-refractivity contribution in [3.8, 4) is 16.9 Å². The molecule has 2 aromatic rings. The molecule has 3 aliphatic carbocycles. The van der Waals surface area contributed by atoms with Gasteiger partial charge in [0.25, 0.3) is 0 Å². The maximum atomic E-state index is 12.9. The first-order chi connectivity index (χ1) is 15.4. The average Bonchev–Trinajstić information content (AvgIpc) is 3.35. The maximum absolute atomic E-state index is 12.9. The number of furan rings is 1. The third-order valence-electron chi connectivity index (χ3n) is 9.24. The molecule has 1 N–H and O–H groups in total. The van der Waals surface area contributed by atoms with Crippen LogP contribution >= 0.6 is 0 Å². The van der Waals surface area contributed by atoms with Gasteiger partial charge in [-0.15, -0.1) is 0 Å². The Kier molecular flexibility index (Phi) is 4.56. The fourth-order valence-corrected chi connectivity index (χ4v) is 7.50. The molecule has 1 heterocycles. The summed E-state index contributed by atoms with van der Waals surface area (Å²) < 4.78 is 11.3. The van der Waals surface area contributed by atoms with Crippen LogP contribution in [-0.2, 0) is 26.2 Å². The highest BCUT2D eigenvalue weighted by Crippen LogP contribution is 2.66. The van der Waals surface area contributed by atoms with Gasteiger partial charge in [0.1, 0.15) is 11.9 Å². The van der Waals surface area contributed by atoms with Crippen molar-refractivity contribution in [1.29, 1.82) is 0 Å². The number of ketones is 1. The monoisotopic (exact) mass is 448 g/mol. The number of rotatable bonds is 2. The molecular formula is C28H32O5. The van der Waals surface area contributed by atoms with Crippen molar-refractivity contribution in [2.24, 2.45) is 22.7 Å². The van der Waals surface area contributed by atoms with Crippen LogP contribution in [0.25, 0.3) is 11.1 Å². The van der Waals surface area contributed by atoms with Crippen molar-refractivity contribution in [2.75, 3.05) is 0 Å². The summed E-state index contributed by atoms with van der Waals surface area (Å²) in [5.74, 6) is 0.175. The molecule has 33 heavy (non-hydrogen) atoms. The molecule has 5 atom stereocenters. The van der Waals surface area contributed by atoms with Crippen LogP contribution in [0.1, 0.15) is 57.7 Å². The van der Waals surface area contributed by atoms with Gasteiger partial charge in [0.2, 0.25) is 0 Å². The largest absolute Gasteiger partial charge is 0.507 e. The number of hydrogen-bond donors (Lipinski definition) is 1. The number of esters is 1. The van der Waals surface area contributed by atoms with Gasteiger partial charge >= 0.3 is 5.97 Å². The summed E-state index contributed by atoms with van der Waals surface area (Å²) >= 11 is 0. The van der Waals surface area contributed by atoms with Gasteiger partial charge in [-0.25, -0.2) is 0 Å². The molecule has 5 nitrogen and oxygen atoms in total. The Hall–Kier alpha value is -2.82. The lowest BCUT2D eigenvalue weighted by Crippen LogP contribution is -2.61. The summed E-state index contributed by atoms with van der Waals surface area (Å²) in [5.41, 5.74) is 3.62. The van der Waals surface area contributed by atoms with Crippen molar-refractivity contribution in [1.82, 2.24) is 0 Å². The molecule has 3 aliphatic rings. The van der Waals surface area contributed by atoms with Gasteiger partial charge in [0, 0.05) is 28.9 Å². The predicted molar refractivity (Wildman–Crippen MR) is 125 cm³/mol. The molecule has 1 fully saturated rings. The summed E-state index contributed by atoms with van der Waals surface area (Å²) in [6.07, 6.45) is 8.14. The zero-order chi connectivity index (χ0) is 23.9. The van der Waals surface area contributed by atoms with E-state index >= 15 is 0 Å². The number of phenols is 1. The number of hydrogen-bond acceptors (Lipinski definition) is 5. The number of carbonyl (C=O) groups is 2. The van der Waals surface area contributed by atoms with Crippen LogP contribution in [0.5, 0.6) is 5.75 Å². The second-order valence-electron chi connectivity index (χ2n) is 11.1. The topological polar surface area (TPSA) is 76.7 Å². The van der Waals surface area contributed by atoms with E-state index in [0.717, 1.165) is 28.7 Å². The van der Waals surface area contributed by atoms with Gasteiger partial charge in [-0.2, -0.15) is 0 Å². The van der Waals surface area contributed by atoms with Crippen LogP contribution in [0.3, 0.4) is 0 Å². The fourth-order valence-electron chi connectivity index (χ4n) is 7.50. The quantitative estimate of drug-likeness (QED) is 0.613. The first kappa shape index (κ1) is 22.0. The molecule has 0 bridgehead atoms. The second kappa shape index (κ2) is 6.85. The molecule has 0 radical (unpaired) electrons. The van der Waals surface area contributed by atoms with E-state index in [0.29, 0.717) is 6.42 Å². The highest BCUT2D eigenvalue weighted by molar-refractivity contribution is 5.96. The summed E-state index contributed by atoms with van der Waals surface area (Å²) in [6, 6.07) is 3.73. The Labute approximate surface area is 194 Å². The minimum Gasteiger partial charge on any atom is -0.507 e. The van der Waals surface area contributed by atoms with E-state index in [1.807, 2.05) is 32.9 Å². The lowest BCUT2D eigenvalue weighted by molar-refractivity contribution is -0.169. The fraction of sp³-hybridized carbons (Fsp3) is 0.500. The summed E-state index contributed by atoms with van der Waals surface area (Å²) in [4.78, 5) is 25.1. The predicted octanol–water partition coefficient (Wildman–Crippen LogP) is 5.51. The van der Waals surface area contributed by atoms with Crippen LogP contribution in [0, 0.1) is 29.6 Å². The number of phenolic OH excluding ortho intramolecular Hbond substituents is 1. The standard InChI is InChI=1S/C28H32O5/c1-15-18-11-22-27(5)9-7-23(31)26(3,4)21(27)13-24(33-16(2)29)28(22,6)19(18)12-20(30)25(15)17-8-10-32-14-17/h7-10,12,14,21-22,24,30H,11,13H2,1-6H3/t21-,22+,24+,27-,28-/m0/s1. The van der Waals surface area contributed by atoms with Gasteiger partial charge in [-0.1, -0.05) is 33.8 Å². The molecule has 1 saturated carbocycles. The summed E-state index contributed by atoms with van der Waals surface area (Å²) in [6.45, 7) is 12.0. The zero-order valence-electron chi connectivity index (χ0n) is 20.2. The van der Waals surface area contributed by atoms with Crippen molar-refractivity contribution in [3.05, 3.63) is 53.5 Å². The molecule has 0 unspecified atom stereocenters. The highest BCUT2D eigenvalue weighted by Gasteiger charge is 2.66. The molecule has 0 spiro atoms. The Balaban J connectivity index is 1.74. The van der Waals surface area contributed by atoms with E-state index in [-0.39, 0.29) is 40.9 Å². The van der Waals surface area contributed by atoms with Gasteiger partial charge in [0.15, 0.2) is 5.78 Å². The maximum Gasteiger partial charge on any atom is 0.302 e. The highest BCUT2D eigenvalue weighted by atomic mass is 16.5. The van der Waals surface area contributed by atoms with Crippen LogP contribution in [0.2, 0.25) is 0 Å². The SMILES string of the molecule is CC(=O)O[C@@H]1C[C@H]2C(C)(C)C(=O)C=C[C@]2(C)[C@H]2Cc3c(cc(O)c(-c4ccoc4)c3C)[C@@]21C. The van der Waals surface area contributed by atoms with Gasteiger partial charge < -0.3 is 14.3 Å². The smallest absolute Gasteiger partial charge is 0.302 e. The summed E-state index contributed by atoms with van der Waals surface area (Å²) in [5, 5.41) is 11.1. The molecule has 5 heteroatoms. The molecule has 0 aliphatic heterocycles. The first-order valence-corrected chi connectivity index (χ1v) is 11.7.